The van der Waals surface area contributed by atoms with Crippen LogP contribution in [0, 0.1) is 5.92 Å². The summed E-state index contributed by atoms with van der Waals surface area (Å²) in [4.78, 5) is 0. The van der Waals surface area contributed by atoms with Gasteiger partial charge < -0.3 is 5.32 Å². The van der Waals surface area contributed by atoms with Crippen LogP contribution in [0.5, 0.6) is 0 Å². The lowest BCUT2D eigenvalue weighted by Crippen LogP contribution is -2.33. The zero-order valence-electron chi connectivity index (χ0n) is 9.90. The molecule has 0 aliphatic rings. The van der Waals surface area contributed by atoms with E-state index in [0.29, 0.717) is 6.04 Å². The standard InChI is InChI=1S/C12H27N/c1-5-8-9-12(7-3)11(4)13-10-6-2/h11-13H,5-10H2,1-4H3. The highest BCUT2D eigenvalue weighted by molar-refractivity contribution is 4.70. The highest BCUT2D eigenvalue weighted by Gasteiger charge is 2.13. The van der Waals surface area contributed by atoms with Gasteiger partial charge in [-0.1, -0.05) is 40.0 Å². The molecule has 0 saturated heterocycles. The number of unbranched alkanes of at least 4 members (excludes halogenated alkanes) is 1. The average Bonchev–Trinajstić information content (AvgIpc) is 2.16. The van der Waals surface area contributed by atoms with Crippen LogP contribution in [0.3, 0.4) is 0 Å². The number of hydrogen-bond acceptors (Lipinski definition) is 1. The van der Waals surface area contributed by atoms with Crippen LogP contribution in [-0.4, -0.2) is 12.6 Å². The van der Waals surface area contributed by atoms with Crippen LogP contribution in [0.1, 0.15) is 59.8 Å². The second kappa shape index (κ2) is 8.55. The maximum Gasteiger partial charge on any atom is 0.00668 e. The van der Waals surface area contributed by atoms with Crippen molar-refractivity contribution in [3.8, 4) is 0 Å². The summed E-state index contributed by atoms with van der Waals surface area (Å²) in [6.45, 7) is 10.3. The van der Waals surface area contributed by atoms with Gasteiger partial charge in [0.1, 0.15) is 0 Å². The quantitative estimate of drug-likeness (QED) is 0.609. The molecule has 0 spiro atoms. The summed E-state index contributed by atoms with van der Waals surface area (Å²) in [5.41, 5.74) is 0. The number of nitrogens with one attached hydrogen (secondary N) is 1. The first-order valence-corrected chi connectivity index (χ1v) is 5.99. The van der Waals surface area contributed by atoms with Crippen molar-refractivity contribution in [3.05, 3.63) is 0 Å². The molecular formula is C12H27N. The molecule has 1 heteroatoms. The highest BCUT2D eigenvalue weighted by atomic mass is 14.9. The Hall–Kier alpha value is -0.0400. The molecule has 0 radical (unpaired) electrons. The first kappa shape index (κ1) is 13.0. The van der Waals surface area contributed by atoms with Crippen molar-refractivity contribution in [2.75, 3.05) is 6.54 Å². The fourth-order valence-corrected chi connectivity index (χ4v) is 1.81. The molecule has 2 unspecified atom stereocenters. The van der Waals surface area contributed by atoms with Crippen molar-refractivity contribution in [2.24, 2.45) is 5.92 Å². The van der Waals surface area contributed by atoms with E-state index in [2.05, 4.69) is 33.0 Å². The zero-order chi connectivity index (χ0) is 10.1. The predicted octanol–water partition coefficient (Wildman–Crippen LogP) is 3.59. The Morgan fingerprint density at radius 1 is 1.08 bits per heavy atom. The first-order chi connectivity index (χ1) is 6.26. The molecular weight excluding hydrogens is 158 g/mol. The van der Waals surface area contributed by atoms with Gasteiger partial charge in [-0.25, -0.2) is 0 Å². The topological polar surface area (TPSA) is 12.0 Å². The molecule has 0 aliphatic heterocycles. The largest absolute Gasteiger partial charge is 0.314 e. The summed E-state index contributed by atoms with van der Waals surface area (Å²) in [7, 11) is 0. The normalized spacial score (nSPS) is 15.7. The minimum absolute atomic E-state index is 0.705. The third-order valence-electron chi connectivity index (χ3n) is 2.88. The van der Waals surface area contributed by atoms with Gasteiger partial charge in [0.25, 0.3) is 0 Å². The summed E-state index contributed by atoms with van der Waals surface area (Å²) in [6, 6.07) is 0.705. The monoisotopic (exact) mass is 185 g/mol. The van der Waals surface area contributed by atoms with Crippen LogP contribution < -0.4 is 5.32 Å². The molecule has 0 aromatic carbocycles. The van der Waals surface area contributed by atoms with Gasteiger partial charge in [-0.2, -0.15) is 0 Å². The van der Waals surface area contributed by atoms with E-state index >= 15 is 0 Å². The Kier molecular flexibility index (Phi) is 8.53. The molecule has 0 rings (SSSR count). The highest BCUT2D eigenvalue weighted by Crippen LogP contribution is 2.16. The van der Waals surface area contributed by atoms with E-state index in [1.807, 2.05) is 0 Å². The Bertz CT molecular complexity index is 101. The lowest BCUT2D eigenvalue weighted by molar-refractivity contribution is 0.336. The second-order valence-corrected chi connectivity index (χ2v) is 4.05. The Balaban J connectivity index is 3.63. The van der Waals surface area contributed by atoms with E-state index in [1.54, 1.807) is 0 Å². The molecule has 0 aliphatic carbocycles. The lowest BCUT2D eigenvalue weighted by Gasteiger charge is -2.23. The Morgan fingerprint density at radius 3 is 2.23 bits per heavy atom. The minimum atomic E-state index is 0.705. The van der Waals surface area contributed by atoms with Gasteiger partial charge in [-0.15, -0.1) is 0 Å². The van der Waals surface area contributed by atoms with E-state index in [4.69, 9.17) is 0 Å². The van der Waals surface area contributed by atoms with Crippen LogP contribution >= 0.6 is 0 Å². The summed E-state index contributed by atoms with van der Waals surface area (Å²) in [5.74, 6) is 0.881. The van der Waals surface area contributed by atoms with Crippen molar-refractivity contribution in [2.45, 2.75) is 65.8 Å². The SMILES string of the molecule is CCCCC(CC)C(C)NCCC. The summed E-state index contributed by atoms with van der Waals surface area (Å²) in [6.07, 6.45) is 6.67. The van der Waals surface area contributed by atoms with Crippen LogP contribution in [0.2, 0.25) is 0 Å². The molecule has 80 valence electrons. The smallest absolute Gasteiger partial charge is 0.00668 e. The van der Waals surface area contributed by atoms with Crippen molar-refractivity contribution >= 4 is 0 Å². The molecule has 1 N–H and O–H groups in total. The molecule has 1 nitrogen and oxygen atoms in total. The molecule has 0 aromatic heterocycles. The average molecular weight is 185 g/mol. The summed E-state index contributed by atoms with van der Waals surface area (Å²) >= 11 is 0. The molecule has 0 saturated carbocycles. The molecule has 13 heavy (non-hydrogen) atoms. The van der Waals surface area contributed by atoms with E-state index in [0.717, 1.165) is 5.92 Å². The predicted molar refractivity (Wildman–Crippen MR) is 61.1 cm³/mol. The minimum Gasteiger partial charge on any atom is -0.314 e. The fourth-order valence-electron chi connectivity index (χ4n) is 1.81. The van der Waals surface area contributed by atoms with Gasteiger partial charge in [-0.05, 0) is 32.2 Å². The fraction of sp³-hybridized carbons (Fsp3) is 1.00. The Labute approximate surface area is 84.3 Å². The Morgan fingerprint density at radius 2 is 1.77 bits per heavy atom. The lowest BCUT2D eigenvalue weighted by atomic mass is 9.92. The van der Waals surface area contributed by atoms with Gasteiger partial charge in [0.05, 0.1) is 0 Å². The van der Waals surface area contributed by atoms with Crippen LogP contribution in [0.4, 0.5) is 0 Å². The molecule has 0 amide bonds. The van der Waals surface area contributed by atoms with E-state index in [9.17, 15) is 0 Å². The third kappa shape index (κ3) is 6.09. The van der Waals surface area contributed by atoms with E-state index < -0.39 is 0 Å². The van der Waals surface area contributed by atoms with Crippen LogP contribution in [-0.2, 0) is 0 Å². The third-order valence-corrected chi connectivity index (χ3v) is 2.88. The van der Waals surface area contributed by atoms with Crippen molar-refractivity contribution in [1.29, 1.82) is 0 Å². The van der Waals surface area contributed by atoms with Crippen LogP contribution in [0.25, 0.3) is 0 Å². The van der Waals surface area contributed by atoms with Gasteiger partial charge in [0.15, 0.2) is 0 Å². The zero-order valence-corrected chi connectivity index (χ0v) is 9.90. The van der Waals surface area contributed by atoms with E-state index in [-0.39, 0.29) is 0 Å². The molecule has 2 atom stereocenters. The van der Waals surface area contributed by atoms with E-state index in [1.165, 1.54) is 38.6 Å². The van der Waals surface area contributed by atoms with Crippen LogP contribution in [0.15, 0.2) is 0 Å². The molecule has 0 fully saturated rings. The number of rotatable bonds is 8. The van der Waals surface area contributed by atoms with Gasteiger partial charge in [-0.3, -0.25) is 0 Å². The second-order valence-electron chi connectivity index (χ2n) is 4.05. The van der Waals surface area contributed by atoms with Gasteiger partial charge in [0, 0.05) is 6.04 Å². The molecule has 0 heterocycles. The summed E-state index contributed by atoms with van der Waals surface area (Å²) < 4.78 is 0. The molecule has 0 bridgehead atoms. The maximum absolute atomic E-state index is 3.59. The molecule has 0 aromatic rings. The number of hydrogen-bond donors (Lipinski definition) is 1. The maximum atomic E-state index is 3.59. The first-order valence-electron chi connectivity index (χ1n) is 5.99. The van der Waals surface area contributed by atoms with Gasteiger partial charge >= 0.3 is 0 Å². The van der Waals surface area contributed by atoms with Crippen molar-refractivity contribution in [1.82, 2.24) is 5.32 Å². The summed E-state index contributed by atoms with van der Waals surface area (Å²) in [5, 5.41) is 3.59. The van der Waals surface area contributed by atoms with Crippen molar-refractivity contribution < 1.29 is 0 Å². The van der Waals surface area contributed by atoms with Gasteiger partial charge in [0.2, 0.25) is 0 Å². The van der Waals surface area contributed by atoms with Crippen molar-refractivity contribution in [3.63, 3.8) is 0 Å².